The van der Waals surface area contributed by atoms with Crippen LogP contribution in [0.4, 0.5) is 0 Å². The first-order chi connectivity index (χ1) is 8.39. The van der Waals surface area contributed by atoms with Crippen molar-refractivity contribution in [2.24, 2.45) is 0 Å². The molecule has 0 aliphatic heterocycles. The van der Waals surface area contributed by atoms with Crippen molar-refractivity contribution >= 4 is 22.1 Å². The van der Waals surface area contributed by atoms with Crippen LogP contribution in [0.15, 0.2) is 29.7 Å². The van der Waals surface area contributed by atoms with Gasteiger partial charge in [0, 0.05) is 12.0 Å². The van der Waals surface area contributed by atoms with E-state index in [0.29, 0.717) is 0 Å². The number of rotatable bonds is 6. The van der Waals surface area contributed by atoms with Crippen LogP contribution in [-0.2, 0) is 14.8 Å². The SMILES string of the molecule is Cc1ccc(/C=C\S(=O)(=O)NCCC(=O)O)cc1. The molecular formula is C12H15NO4S. The summed E-state index contributed by atoms with van der Waals surface area (Å²) in [6, 6.07) is 7.37. The van der Waals surface area contributed by atoms with Crippen molar-refractivity contribution in [1.82, 2.24) is 4.72 Å². The number of carboxylic acid groups (broad SMARTS) is 1. The lowest BCUT2D eigenvalue weighted by atomic mass is 10.2. The number of aryl methyl sites for hydroxylation is 1. The minimum absolute atomic E-state index is 0.115. The fourth-order valence-corrected chi connectivity index (χ4v) is 2.01. The highest BCUT2D eigenvalue weighted by atomic mass is 32.2. The molecule has 0 aliphatic carbocycles. The molecule has 1 aromatic carbocycles. The first kappa shape index (κ1) is 14.4. The van der Waals surface area contributed by atoms with Crippen LogP contribution in [0.1, 0.15) is 17.5 Å². The molecule has 0 amide bonds. The molecule has 5 nitrogen and oxygen atoms in total. The molecule has 0 atom stereocenters. The Bertz CT molecular complexity index is 532. The summed E-state index contributed by atoms with van der Waals surface area (Å²) < 4.78 is 25.1. The number of aliphatic carboxylic acids is 1. The lowest BCUT2D eigenvalue weighted by Gasteiger charge is -2.00. The van der Waals surface area contributed by atoms with Crippen LogP contribution in [0.5, 0.6) is 0 Å². The quantitative estimate of drug-likeness (QED) is 0.816. The van der Waals surface area contributed by atoms with Gasteiger partial charge in [-0.3, -0.25) is 4.79 Å². The molecule has 0 saturated carbocycles. The highest BCUT2D eigenvalue weighted by molar-refractivity contribution is 7.92. The second kappa shape index (κ2) is 6.32. The summed E-state index contributed by atoms with van der Waals surface area (Å²) in [5, 5.41) is 9.42. The van der Waals surface area contributed by atoms with Gasteiger partial charge in [-0.25, -0.2) is 13.1 Å². The van der Waals surface area contributed by atoms with Crippen LogP contribution in [0.3, 0.4) is 0 Å². The Morgan fingerprint density at radius 2 is 1.94 bits per heavy atom. The zero-order valence-corrected chi connectivity index (χ0v) is 10.8. The van der Waals surface area contributed by atoms with E-state index in [9.17, 15) is 13.2 Å². The monoisotopic (exact) mass is 269 g/mol. The second-order valence-electron chi connectivity index (χ2n) is 3.80. The zero-order chi connectivity index (χ0) is 13.6. The molecule has 0 radical (unpaired) electrons. The summed E-state index contributed by atoms with van der Waals surface area (Å²) in [7, 11) is -3.58. The van der Waals surface area contributed by atoms with Crippen LogP contribution < -0.4 is 4.72 Å². The van der Waals surface area contributed by atoms with E-state index in [1.807, 2.05) is 19.1 Å². The first-order valence-electron chi connectivity index (χ1n) is 5.35. The first-order valence-corrected chi connectivity index (χ1v) is 6.90. The van der Waals surface area contributed by atoms with Crippen molar-refractivity contribution in [3.05, 3.63) is 40.8 Å². The second-order valence-corrected chi connectivity index (χ2v) is 5.45. The molecule has 1 rings (SSSR count). The lowest BCUT2D eigenvalue weighted by Crippen LogP contribution is -2.24. The Balaban J connectivity index is 2.59. The van der Waals surface area contributed by atoms with Crippen molar-refractivity contribution in [3.63, 3.8) is 0 Å². The fourth-order valence-electron chi connectivity index (χ4n) is 1.19. The molecule has 0 bridgehead atoms. The van der Waals surface area contributed by atoms with E-state index in [0.717, 1.165) is 16.5 Å². The number of carboxylic acids is 1. The number of carbonyl (C=O) groups is 1. The number of hydrogen-bond donors (Lipinski definition) is 2. The minimum Gasteiger partial charge on any atom is -0.481 e. The highest BCUT2D eigenvalue weighted by Gasteiger charge is 2.05. The van der Waals surface area contributed by atoms with Crippen molar-refractivity contribution in [2.75, 3.05) is 6.54 Å². The predicted molar refractivity (Wildman–Crippen MR) is 69.4 cm³/mol. The van der Waals surface area contributed by atoms with Crippen molar-refractivity contribution in [2.45, 2.75) is 13.3 Å². The van der Waals surface area contributed by atoms with E-state index >= 15 is 0 Å². The summed E-state index contributed by atoms with van der Waals surface area (Å²) in [6.07, 6.45) is 1.22. The summed E-state index contributed by atoms with van der Waals surface area (Å²) in [5.41, 5.74) is 1.86. The Hall–Kier alpha value is -1.66. The van der Waals surface area contributed by atoms with Crippen LogP contribution in [0.25, 0.3) is 6.08 Å². The summed E-state index contributed by atoms with van der Waals surface area (Å²) in [5.74, 6) is -1.04. The Morgan fingerprint density at radius 1 is 1.33 bits per heavy atom. The highest BCUT2D eigenvalue weighted by Crippen LogP contribution is 2.05. The van der Waals surface area contributed by atoms with Crippen LogP contribution in [-0.4, -0.2) is 26.0 Å². The van der Waals surface area contributed by atoms with Gasteiger partial charge in [-0.1, -0.05) is 29.8 Å². The van der Waals surface area contributed by atoms with Gasteiger partial charge < -0.3 is 5.11 Å². The van der Waals surface area contributed by atoms with E-state index in [2.05, 4.69) is 4.72 Å². The third-order valence-electron chi connectivity index (χ3n) is 2.16. The molecule has 0 aromatic heterocycles. The van der Waals surface area contributed by atoms with Crippen LogP contribution in [0.2, 0.25) is 0 Å². The maximum Gasteiger partial charge on any atom is 0.304 e. The van der Waals surface area contributed by atoms with Crippen molar-refractivity contribution in [1.29, 1.82) is 0 Å². The smallest absolute Gasteiger partial charge is 0.304 e. The average molecular weight is 269 g/mol. The molecule has 0 unspecified atom stereocenters. The maximum atomic E-state index is 11.5. The minimum atomic E-state index is -3.58. The van der Waals surface area contributed by atoms with Crippen molar-refractivity contribution < 1.29 is 18.3 Å². The predicted octanol–water partition coefficient (Wildman–Crippen LogP) is 1.36. The molecule has 0 spiro atoms. The van der Waals surface area contributed by atoms with Gasteiger partial charge in [0.05, 0.1) is 6.42 Å². The molecule has 0 fully saturated rings. The standard InChI is InChI=1S/C12H15NO4S/c1-10-2-4-11(5-3-10)7-9-18(16,17)13-8-6-12(14)15/h2-5,7,9,13H,6,8H2,1H3,(H,14,15)/b9-7-. The summed E-state index contributed by atoms with van der Waals surface area (Å²) in [6.45, 7) is 1.83. The van der Waals surface area contributed by atoms with Crippen LogP contribution >= 0.6 is 0 Å². The van der Waals surface area contributed by atoms with E-state index in [1.165, 1.54) is 6.08 Å². The molecule has 0 heterocycles. The number of sulfonamides is 1. The van der Waals surface area contributed by atoms with Gasteiger partial charge >= 0.3 is 5.97 Å². The molecule has 98 valence electrons. The van der Waals surface area contributed by atoms with E-state index in [4.69, 9.17) is 5.11 Å². The van der Waals surface area contributed by atoms with E-state index in [1.54, 1.807) is 12.1 Å². The van der Waals surface area contributed by atoms with Gasteiger partial charge in [0.15, 0.2) is 0 Å². The zero-order valence-electron chi connectivity index (χ0n) is 9.96. The molecule has 0 saturated heterocycles. The van der Waals surface area contributed by atoms with Gasteiger partial charge in [0.2, 0.25) is 10.0 Å². The summed E-state index contributed by atoms with van der Waals surface area (Å²) >= 11 is 0. The average Bonchev–Trinajstić information content (AvgIpc) is 2.27. The van der Waals surface area contributed by atoms with Gasteiger partial charge in [-0.15, -0.1) is 0 Å². The van der Waals surface area contributed by atoms with Gasteiger partial charge in [0.25, 0.3) is 0 Å². The Labute approximate surface area is 106 Å². The van der Waals surface area contributed by atoms with Crippen LogP contribution in [0, 0.1) is 6.92 Å². The van der Waals surface area contributed by atoms with Gasteiger partial charge in [-0.2, -0.15) is 0 Å². The van der Waals surface area contributed by atoms with E-state index in [-0.39, 0.29) is 13.0 Å². The Morgan fingerprint density at radius 3 is 2.50 bits per heavy atom. The topological polar surface area (TPSA) is 83.5 Å². The van der Waals surface area contributed by atoms with Gasteiger partial charge in [-0.05, 0) is 18.6 Å². The molecule has 0 aliphatic rings. The number of nitrogens with one attached hydrogen (secondary N) is 1. The van der Waals surface area contributed by atoms with E-state index < -0.39 is 16.0 Å². The largest absolute Gasteiger partial charge is 0.481 e. The lowest BCUT2D eigenvalue weighted by molar-refractivity contribution is -0.136. The van der Waals surface area contributed by atoms with Gasteiger partial charge in [0.1, 0.15) is 0 Å². The molecule has 2 N–H and O–H groups in total. The Kier molecular flexibility index (Phi) is 5.06. The normalized spacial score (nSPS) is 11.8. The fraction of sp³-hybridized carbons (Fsp3) is 0.250. The van der Waals surface area contributed by atoms with Crippen molar-refractivity contribution in [3.8, 4) is 0 Å². The third-order valence-corrected chi connectivity index (χ3v) is 3.26. The molecule has 18 heavy (non-hydrogen) atoms. The summed E-state index contributed by atoms with van der Waals surface area (Å²) in [4.78, 5) is 10.2. The molecule has 6 heteroatoms. The molecule has 1 aromatic rings. The molecular weight excluding hydrogens is 254 g/mol. The number of benzene rings is 1. The maximum absolute atomic E-state index is 11.5. The number of hydrogen-bond acceptors (Lipinski definition) is 3. The third kappa shape index (κ3) is 5.60.